The van der Waals surface area contributed by atoms with Crippen LogP contribution < -0.4 is 0 Å². The molecule has 0 saturated heterocycles. The molecule has 32 heavy (non-hydrogen) atoms. The van der Waals surface area contributed by atoms with Crippen molar-refractivity contribution in [2.45, 2.75) is 22.1 Å². The van der Waals surface area contributed by atoms with E-state index in [0.717, 1.165) is 30.4 Å². The molecule has 0 amide bonds. The number of hydrogen-bond donors (Lipinski definition) is 1. The van der Waals surface area contributed by atoms with Crippen LogP contribution in [0.25, 0.3) is 0 Å². The summed E-state index contributed by atoms with van der Waals surface area (Å²) >= 11 is 23.8. The standard InChI is InChI=1S/C11H7BrClNS.C6H5ClS.C5H3BrFN.CH4/c12-8-5-9(7-14-6-8)15-11-4-2-1-3-10(11)13;7-5-3-1-2-4-6(5)8;6-4-1-5(7)3-8-2-4;/h1-7H;1-4,8H;1-3H;1H4. The molecule has 0 radical (unpaired) electrons. The van der Waals surface area contributed by atoms with E-state index in [-0.39, 0.29) is 13.2 Å². The average Bonchev–Trinajstić information content (AvgIpc) is 2.73. The normalized spacial score (nSPS) is 9.44. The van der Waals surface area contributed by atoms with E-state index in [2.05, 4.69) is 54.5 Å². The molecule has 0 saturated carbocycles. The van der Waals surface area contributed by atoms with Crippen molar-refractivity contribution in [2.24, 2.45) is 0 Å². The predicted octanol–water partition coefficient (Wildman–Crippen LogP) is 9.90. The largest absolute Gasteiger partial charge is 0.262 e. The molecule has 0 aliphatic heterocycles. The van der Waals surface area contributed by atoms with Gasteiger partial charge in [-0.15, -0.1) is 12.6 Å². The summed E-state index contributed by atoms with van der Waals surface area (Å²) in [5.74, 6) is -0.320. The minimum absolute atomic E-state index is 0. The quantitative estimate of drug-likeness (QED) is 0.222. The lowest BCUT2D eigenvalue weighted by atomic mass is 10.4. The maximum absolute atomic E-state index is 12.1. The summed E-state index contributed by atoms with van der Waals surface area (Å²) in [5, 5.41) is 1.47. The van der Waals surface area contributed by atoms with Crippen LogP contribution in [0, 0.1) is 5.82 Å². The zero-order valence-corrected chi connectivity index (χ0v) is 22.1. The molecule has 2 aromatic heterocycles. The summed E-state index contributed by atoms with van der Waals surface area (Å²) in [6.07, 6.45) is 6.27. The topological polar surface area (TPSA) is 25.8 Å². The lowest BCUT2D eigenvalue weighted by Crippen LogP contribution is -1.77. The number of rotatable bonds is 2. The molecule has 2 nitrogen and oxygen atoms in total. The summed E-state index contributed by atoms with van der Waals surface area (Å²) in [4.78, 5) is 10.6. The Balaban J connectivity index is 0.000000257. The molecule has 0 aliphatic carbocycles. The first-order chi connectivity index (χ1) is 14.8. The smallest absolute Gasteiger partial charge is 0.142 e. The minimum Gasteiger partial charge on any atom is -0.262 e. The van der Waals surface area contributed by atoms with Gasteiger partial charge in [-0.1, -0.05) is 66.7 Å². The van der Waals surface area contributed by atoms with Gasteiger partial charge in [0.25, 0.3) is 0 Å². The molecule has 168 valence electrons. The molecule has 0 fully saturated rings. The Bertz CT molecular complexity index is 1080. The van der Waals surface area contributed by atoms with Crippen LogP contribution >= 0.6 is 79.5 Å². The highest BCUT2D eigenvalue weighted by atomic mass is 79.9. The van der Waals surface area contributed by atoms with Gasteiger partial charge in [-0.3, -0.25) is 9.97 Å². The number of hydrogen-bond acceptors (Lipinski definition) is 4. The van der Waals surface area contributed by atoms with Crippen LogP contribution in [0.15, 0.2) is 109 Å². The zero-order chi connectivity index (χ0) is 22.6. The van der Waals surface area contributed by atoms with E-state index in [1.54, 1.807) is 18.0 Å². The molecule has 4 aromatic rings. The molecular weight excluding hydrogens is 618 g/mol. The van der Waals surface area contributed by atoms with Gasteiger partial charge >= 0.3 is 0 Å². The van der Waals surface area contributed by atoms with Crippen molar-refractivity contribution in [3.63, 3.8) is 0 Å². The highest BCUT2D eigenvalue weighted by Crippen LogP contribution is 2.33. The fourth-order valence-corrected chi connectivity index (χ4v) is 4.21. The van der Waals surface area contributed by atoms with Crippen LogP contribution in [-0.2, 0) is 0 Å². The van der Waals surface area contributed by atoms with Crippen LogP contribution in [0.2, 0.25) is 10.0 Å². The van der Waals surface area contributed by atoms with Crippen molar-refractivity contribution in [1.29, 1.82) is 0 Å². The van der Waals surface area contributed by atoms with Crippen LogP contribution in [0.4, 0.5) is 4.39 Å². The number of benzene rings is 2. The summed E-state index contributed by atoms with van der Waals surface area (Å²) in [7, 11) is 0. The summed E-state index contributed by atoms with van der Waals surface area (Å²) < 4.78 is 13.7. The Labute approximate surface area is 224 Å². The zero-order valence-electron chi connectivity index (χ0n) is 15.7. The fraction of sp³-hybridized carbons (Fsp3) is 0.0435. The molecule has 0 N–H and O–H groups in total. The minimum atomic E-state index is -0.320. The Morgan fingerprint density at radius 1 is 0.781 bits per heavy atom. The number of thiol groups is 1. The number of nitrogens with zero attached hydrogens (tertiary/aromatic N) is 2. The first-order valence-electron chi connectivity index (χ1n) is 8.57. The summed E-state index contributed by atoms with van der Waals surface area (Å²) in [6.45, 7) is 0. The molecular formula is C23H19Br2Cl2FN2S2. The maximum Gasteiger partial charge on any atom is 0.142 e. The molecule has 4 rings (SSSR count). The van der Waals surface area contributed by atoms with E-state index in [0.29, 0.717) is 9.50 Å². The summed E-state index contributed by atoms with van der Waals surface area (Å²) in [5.41, 5.74) is 0. The second-order valence-electron chi connectivity index (χ2n) is 5.64. The Kier molecular flexibility index (Phi) is 14.2. The highest BCUT2D eigenvalue weighted by molar-refractivity contribution is 9.10. The van der Waals surface area contributed by atoms with Gasteiger partial charge in [0.05, 0.1) is 16.2 Å². The molecule has 0 atom stereocenters. The molecule has 0 unspecified atom stereocenters. The third-order valence-electron chi connectivity index (χ3n) is 3.27. The van der Waals surface area contributed by atoms with Gasteiger partial charge in [0.1, 0.15) is 5.82 Å². The van der Waals surface area contributed by atoms with Crippen molar-refractivity contribution in [2.75, 3.05) is 0 Å². The summed E-state index contributed by atoms with van der Waals surface area (Å²) in [6, 6.07) is 18.6. The van der Waals surface area contributed by atoms with E-state index in [9.17, 15) is 4.39 Å². The van der Waals surface area contributed by atoms with Crippen LogP contribution in [0.1, 0.15) is 7.43 Å². The van der Waals surface area contributed by atoms with E-state index in [1.807, 2.05) is 60.8 Å². The molecule has 0 bridgehead atoms. The number of aromatic nitrogens is 2. The Morgan fingerprint density at radius 2 is 1.34 bits per heavy atom. The molecule has 0 aliphatic rings. The van der Waals surface area contributed by atoms with E-state index >= 15 is 0 Å². The van der Waals surface area contributed by atoms with Crippen LogP contribution in [-0.4, -0.2) is 9.97 Å². The van der Waals surface area contributed by atoms with Gasteiger partial charge in [0.15, 0.2) is 0 Å². The van der Waals surface area contributed by atoms with Crippen molar-refractivity contribution >= 4 is 79.5 Å². The van der Waals surface area contributed by atoms with E-state index < -0.39 is 0 Å². The fourth-order valence-electron chi connectivity index (χ4n) is 1.94. The van der Waals surface area contributed by atoms with Crippen molar-refractivity contribution < 1.29 is 4.39 Å². The lowest BCUT2D eigenvalue weighted by molar-refractivity contribution is 0.620. The molecule has 0 spiro atoms. The van der Waals surface area contributed by atoms with Gasteiger partial charge in [-0.25, -0.2) is 4.39 Å². The first kappa shape index (κ1) is 28.9. The van der Waals surface area contributed by atoms with E-state index in [4.69, 9.17) is 23.2 Å². The van der Waals surface area contributed by atoms with Gasteiger partial charge in [-0.2, -0.15) is 0 Å². The number of pyridine rings is 2. The van der Waals surface area contributed by atoms with Crippen molar-refractivity contribution in [3.05, 3.63) is 110 Å². The maximum atomic E-state index is 12.1. The van der Waals surface area contributed by atoms with Gasteiger partial charge in [0.2, 0.25) is 0 Å². The van der Waals surface area contributed by atoms with Crippen LogP contribution in [0.5, 0.6) is 0 Å². The second-order valence-corrected chi connectivity index (χ2v) is 9.89. The average molecular weight is 637 g/mol. The highest BCUT2D eigenvalue weighted by Gasteiger charge is 2.02. The third kappa shape index (κ3) is 11.2. The SMILES string of the molecule is C.Clc1ccccc1Sc1cncc(Br)c1.Fc1cncc(Br)c1.Sc1ccccc1Cl. The Hall–Kier alpha value is -1.09. The Morgan fingerprint density at radius 3 is 1.81 bits per heavy atom. The first-order valence-corrected chi connectivity index (χ1v) is 12.2. The van der Waals surface area contributed by atoms with Gasteiger partial charge < -0.3 is 0 Å². The van der Waals surface area contributed by atoms with Gasteiger partial charge in [-0.05, 0) is 68.3 Å². The predicted molar refractivity (Wildman–Crippen MR) is 145 cm³/mol. The molecule has 2 heterocycles. The monoisotopic (exact) mass is 634 g/mol. The van der Waals surface area contributed by atoms with Crippen LogP contribution in [0.3, 0.4) is 0 Å². The van der Waals surface area contributed by atoms with E-state index in [1.165, 1.54) is 12.3 Å². The van der Waals surface area contributed by atoms with Gasteiger partial charge in [0, 0.05) is 42.2 Å². The van der Waals surface area contributed by atoms with Crippen molar-refractivity contribution in [3.8, 4) is 0 Å². The second kappa shape index (κ2) is 15.7. The molecule has 9 heteroatoms. The lowest BCUT2D eigenvalue weighted by Gasteiger charge is -2.03. The molecule has 2 aromatic carbocycles. The number of halogens is 5. The van der Waals surface area contributed by atoms with Crippen molar-refractivity contribution in [1.82, 2.24) is 9.97 Å². The third-order valence-corrected chi connectivity index (χ3v) is 6.46.